The Morgan fingerprint density at radius 1 is 1.05 bits per heavy atom. The molecular weight excluding hydrogens is 272 g/mol. The molecule has 0 radical (unpaired) electrons. The molecule has 4 N–H and O–H groups in total. The van der Waals surface area contributed by atoms with Crippen molar-refractivity contribution in [3.05, 3.63) is 0 Å². The van der Waals surface area contributed by atoms with E-state index in [1.807, 2.05) is 6.92 Å². The Labute approximate surface area is 116 Å². The number of hydrogen-bond acceptors (Lipinski definition) is 8. The van der Waals surface area contributed by atoms with Crippen molar-refractivity contribution in [2.45, 2.75) is 57.7 Å². The van der Waals surface area contributed by atoms with Gasteiger partial charge in [0.2, 0.25) is 0 Å². The third-order valence-corrected chi connectivity index (χ3v) is 2.44. The molecule has 0 amide bonds. The first-order valence-electron chi connectivity index (χ1n) is 6.45. The monoisotopic (exact) mass is 294 g/mol. The van der Waals surface area contributed by atoms with Crippen molar-refractivity contribution in [1.29, 1.82) is 0 Å². The number of rotatable bonds is 9. The Morgan fingerprint density at radius 2 is 1.60 bits per heavy atom. The Bertz CT molecular complexity index is 315. The normalized spacial score (nSPS) is 14.5. The molecule has 0 spiro atoms. The third-order valence-electron chi connectivity index (χ3n) is 2.44. The highest BCUT2D eigenvalue weighted by atomic mass is 16.8. The lowest BCUT2D eigenvalue weighted by atomic mass is 10.2. The minimum Gasteiger partial charge on any atom is -0.464 e. The summed E-state index contributed by atoms with van der Waals surface area (Å²) in [5.41, 5.74) is 0. The van der Waals surface area contributed by atoms with E-state index in [0.29, 0.717) is 12.8 Å². The van der Waals surface area contributed by atoms with E-state index in [9.17, 15) is 30.0 Å². The van der Waals surface area contributed by atoms with E-state index in [2.05, 4.69) is 9.47 Å². The van der Waals surface area contributed by atoms with Crippen LogP contribution >= 0.6 is 0 Å². The van der Waals surface area contributed by atoms with Gasteiger partial charge in [-0.3, -0.25) is 0 Å². The van der Waals surface area contributed by atoms with Crippen LogP contribution in [-0.4, -0.2) is 57.2 Å². The van der Waals surface area contributed by atoms with Gasteiger partial charge in [-0.2, -0.15) is 0 Å². The van der Waals surface area contributed by atoms with Crippen molar-refractivity contribution in [2.24, 2.45) is 0 Å². The molecule has 0 fully saturated rings. The van der Waals surface area contributed by atoms with Crippen molar-refractivity contribution in [3.63, 3.8) is 0 Å². The SMILES string of the molecule is CCCCCC(O)(O)OC(=O)C(O)C(O)C(=O)OCC. The zero-order valence-electron chi connectivity index (χ0n) is 11.6. The summed E-state index contributed by atoms with van der Waals surface area (Å²) >= 11 is 0. The molecule has 0 saturated heterocycles. The second-order valence-corrected chi connectivity index (χ2v) is 4.26. The maximum atomic E-state index is 11.4. The van der Waals surface area contributed by atoms with Crippen LogP contribution in [0.1, 0.15) is 39.5 Å². The molecule has 0 aliphatic heterocycles. The van der Waals surface area contributed by atoms with Crippen LogP contribution in [0.3, 0.4) is 0 Å². The lowest BCUT2D eigenvalue weighted by molar-refractivity contribution is -0.326. The van der Waals surface area contributed by atoms with Crippen LogP contribution in [0, 0.1) is 0 Å². The van der Waals surface area contributed by atoms with E-state index in [-0.39, 0.29) is 13.0 Å². The van der Waals surface area contributed by atoms with Gasteiger partial charge in [0.05, 0.1) is 6.61 Å². The Morgan fingerprint density at radius 3 is 2.10 bits per heavy atom. The molecule has 8 heteroatoms. The standard InChI is InChI=1S/C12H22O8/c1-3-5-6-7-12(17,18)20-11(16)9(14)8(13)10(15)19-4-2/h8-9,13-14,17-18H,3-7H2,1-2H3. The fourth-order valence-electron chi connectivity index (χ4n) is 1.36. The van der Waals surface area contributed by atoms with Gasteiger partial charge in [0.1, 0.15) is 0 Å². The van der Waals surface area contributed by atoms with Crippen molar-refractivity contribution < 1.29 is 39.5 Å². The first-order chi connectivity index (χ1) is 9.25. The van der Waals surface area contributed by atoms with E-state index in [0.717, 1.165) is 6.42 Å². The van der Waals surface area contributed by atoms with Gasteiger partial charge in [-0.05, 0) is 13.3 Å². The third kappa shape index (κ3) is 6.80. The molecule has 0 heterocycles. The molecule has 20 heavy (non-hydrogen) atoms. The second-order valence-electron chi connectivity index (χ2n) is 4.26. The number of carbonyl (C=O) groups is 2. The van der Waals surface area contributed by atoms with Gasteiger partial charge in [-0.1, -0.05) is 19.8 Å². The number of ether oxygens (including phenoxy) is 2. The maximum Gasteiger partial charge on any atom is 0.342 e. The van der Waals surface area contributed by atoms with Gasteiger partial charge < -0.3 is 29.9 Å². The molecule has 0 aromatic heterocycles. The van der Waals surface area contributed by atoms with Gasteiger partial charge in [-0.15, -0.1) is 0 Å². The average Bonchev–Trinajstić information content (AvgIpc) is 2.36. The minimum atomic E-state index is -2.75. The van der Waals surface area contributed by atoms with Gasteiger partial charge in [0.25, 0.3) is 0 Å². The summed E-state index contributed by atoms with van der Waals surface area (Å²) in [6.45, 7) is 3.34. The summed E-state index contributed by atoms with van der Waals surface area (Å²) in [5, 5.41) is 37.5. The quantitative estimate of drug-likeness (QED) is 0.242. The van der Waals surface area contributed by atoms with Crippen LogP contribution in [0.2, 0.25) is 0 Å². The number of carbonyl (C=O) groups excluding carboxylic acids is 2. The van der Waals surface area contributed by atoms with Crippen LogP contribution in [0.5, 0.6) is 0 Å². The van der Waals surface area contributed by atoms with E-state index < -0.39 is 30.1 Å². The largest absolute Gasteiger partial charge is 0.464 e. The molecule has 0 aliphatic carbocycles. The number of esters is 2. The Hall–Kier alpha value is -1.22. The molecule has 2 unspecified atom stereocenters. The van der Waals surface area contributed by atoms with Crippen LogP contribution in [-0.2, 0) is 19.1 Å². The van der Waals surface area contributed by atoms with E-state index in [4.69, 9.17) is 0 Å². The van der Waals surface area contributed by atoms with Crippen LogP contribution in [0.4, 0.5) is 0 Å². The summed E-state index contributed by atoms with van der Waals surface area (Å²) in [5.74, 6) is -5.47. The lowest BCUT2D eigenvalue weighted by Gasteiger charge is -2.23. The molecule has 118 valence electrons. The molecule has 2 atom stereocenters. The zero-order chi connectivity index (χ0) is 15.8. The first-order valence-corrected chi connectivity index (χ1v) is 6.45. The molecule has 8 nitrogen and oxygen atoms in total. The number of aliphatic hydroxyl groups is 4. The summed E-state index contributed by atoms with van der Waals surface area (Å²) in [7, 11) is 0. The van der Waals surface area contributed by atoms with Crippen molar-refractivity contribution in [2.75, 3.05) is 6.61 Å². The molecule has 0 aromatic rings. The molecule has 0 aliphatic rings. The summed E-state index contributed by atoms with van der Waals surface area (Å²) in [6.07, 6.45) is -2.71. The molecule has 0 bridgehead atoms. The maximum absolute atomic E-state index is 11.4. The predicted octanol–water partition coefficient (Wildman–Crippen LogP) is -0.967. The first kappa shape index (κ1) is 18.8. The van der Waals surface area contributed by atoms with Gasteiger partial charge in [0, 0.05) is 6.42 Å². The van der Waals surface area contributed by atoms with E-state index in [1.54, 1.807) is 0 Å². The van der Waals surface area contributed by atoms with Crippen LogP contribution in [0.25, 0.3) is 0 Å². The van der Waals surface area contributed by atoms with E-state index in [1.165, 1.54) is 6.92 Å². The summed E-state index contributed by atoms with van der Waals surface area (Å²) in [6, 6.07) is 0. The molecule has 0 aromatic carbocycles. The fourth-order valence-corrected chi connectivity index (χ4v) is 1.36. The van der Waals surface area contributed by atoms with Crippen molar-refractivity contribution in [1.82, 2.24) is 0 Å². The summed E-state index contributed by atoms with van der Waals surface area (Å²) < 4.78 is 8.65. The van der Waals surface area contributed by atoms with Crippen molar-refractivity contribution >= 4 is 11.9 Å². The van der Waals surface area contributed by atoms with Crippen molar-refractivity contribution in [3.8, 4) is 0 Å². The number of hydrogen-bond donors (Lipinski definition) is 4. The van der Waals surface area contributed by atoms with Gasteiger partial charge in [0.15, 0.2) is 12.2 Å². The van der Waals surface area contributed by atoms with Crippen LogP contribution in [0.15, 0.2) is 0 Å². The highest BCUT2D eigenvalue weighted by molar-refractivity contribution is 5.85. The van der Waals surface area contributed by atoms with Gasteiger partial charge >= 0.3 is 17.9 Å². The molecular formula is C12H22O8. The fraction of sp³-hybridized carbons (Fsp3) is 0.833. The van der Waals surface area contributed by atoms with E-state index >= 15 is 0 Å². The topological polar surface area (TPSA) is 134 Å². The Kier molecular flexibility index (Phi) is 8.31. The smallest absolute Gasteiger partial charge is 0.342 e. The van der Waals surface area contributed by atoms with Gasteiger partial charge in [-0.25, -0.2) is 9.59 Å². The lowest BCUT2D eigenvalue weighted by Crippen LogP contribution is -2.46. The average molecular weight is 294 g/mol. The molecule has 0 rings (SSSR count). The number of unbranched alkanes of at least 4 members (excludes halogenated alkanes) is 2. The zero-order valence-corrected chi connectivity index (χ0v) is 11.6. The predicted molar refractivity (Wildman–Crippen MR) is 66.0 cm³/mol. The van der Waals surface area contributed by atoms with Crippen LogP contribution < -0.4 is 0 Å². The Balaban J connectivity index is 4.40. The minimum absolute atomic E-state index is 0.0430. The highest BCUT2D eigenvalue weighted by Crippen LogP contribution is 2.15. The second kappa shape index (κ2) is 8.85. The molecule has 0 saturated carbocycles. The summed E-state index contributed by atoms with van der Waals surface area (Å²) in [4.78, 5) is 22.5. The number of aliphatic hydroxyl groups excluding tert-OH is 2. The highest BCUT2D eigenvalue weighted by Gasteiger charge is 2.37.